The van der Waals surface area contributed by atoms with Gasteiger partial charge in [0.25, 0.3) is 0 Å². The Kier molecular flexibility index (Phi) is 12.8. The monoisotopic (exact) mass is 572 g/mol. The van der Waals surface area contributed by atoms with E-state index in [2.05, 4.69) is 20.6 Å². The fraction of sp³-hybridized carbons (Fsp3) is 0.500. The van der Waals surface area contributed by atoms with Gasteiger partial charge in [-0.25, -0.2) is 9.98 Å². The van der Waals surface area contributed by atoms with Gasteiger partial charge in [0.15, 0.2) is 11.7 Å². The van der Waals surface area contributed by atoms with Gasteiger partial charge in [0.05, 0.1) is 18.7 Å². The molecule has 0 fully saturated rings. The van der Waals surface area contributed by atoms with Gasteiger partial charge in [0.1, 0.15) is 5.75 Å². The predicted octanol–water partition coefficient (Wildman–Crippen LogP) is 4.49. The highest BCUT2D eigenvalue weighted by Crippen LogP contribution is 2.30. The maximum atomic E-state index is 12.7. The highest BCUT2D eigenvalue weighted by molar-refractivity contribution is 14.0. The van der Waals surface area contributed by atoms with Crippen LogP contribution in [0.15, 0.2) is 34.6 Å². The van der Waals surface area contributed by atoms with Crippen molar-refractivity contribution >= 4 is 41.3 Å². The standard InChI is InChI=1S/C20H27F3N4O2S.HI/c1-3-29-12-4-10-24-19(26-13-15-5-7-16(28-2)8-6-15)25-11-9-18-27-17(14-30-18)20(21,22)23;/h5-8,14H,3-4,9-13H2,1-2H3,(H2,24,25,26);1H. The summed E-state index contributed by atoms with van der Waals surface area (Å²) in [4.78, 5) is 8.21. The van der Waals surface area contributed by atoms with Crippen LogP contribution in [0.3, 0.4) is 0 Å². The van der Waals surface area contributed by atoms with Crippen molar-refractivity contribution in [2.75, 3.05) is 33.4 Å². The molecule has 1 heterocycles. The normalized spacial score (nSPS) is 11.7. The minimum Gasteiger partial charge on any atom is -0.497 e. The lowest BCUT2D eigenvalue weighted by molar-refractivity contribution is -0.140. The number of methoxy groups -OCH3 is 1. The molecule has 0 saturated carbocycles. The lowest BCUT2D eigenvalue weighted by atomic mass is 10.2. The second kappa shape index (κ2) is 14.5. The number of aromatic nitrogens is 1. The molecule has 1 aromatic carbocycles. The summed E-state index contributed by atoms with van der Waals surface area (Å²) in [5.41, 5.74) is 0.172. The number of alkyl halides is 3. The Morgan fingerprint density at radius 2 is 1.87 bits per heavy atom. The van der Waals surface area contributed by atoms with E-state index in [1.165, 1.54) is 0 Å². The number of hydrogen-bond acceptors (Lipinski definition) is 5. The molecule has 31 heavy (non-hydrogen) atoms. The van der Waals surface area contributed by atoms with E-state index < -0.39 is 11.9 Å². The van der Waals surface area contributed by atoms with E-state index in [1.54, 1.807) is 7.11 Å². The average Bonchev–Trinajstić information content (AvgIpc) is 3.21. The lowest BCUT2D eigenvalue weighted by Crippen LogP contribution is -2.39. The Bertz CT molecular complexity index is 785. The van der Waals surface area contributed by atoms with Crippen molar-refractivity contribution in [1.29, 1.82) is 0 Å². The molecular weight excluding hydrogens is 544 g/mol. The second-order valence-corrected chi connectivity index (χ2v) is 7.23. The van der Waals surface area contributed by atoms with Gasteiger partial charge in [0.2, 0.25) is 0 Å². The zero-order valence-corrected chi connectivity index (χ0v) is 20.6. The summed E-state index contributed by atoms with van der Waals surface area (Å²) < 4.78 is 48.5. The van der Waals surface area contributed by atoms with Crippen molar-refractivity contribution in [2.24, 2.45) is 4.99 Å². The van der Waals surface area contributed by atoms with Crippen LogP contribution >= 0.6 is 35.3 Å². The number of rotatable bonds is 11. The first-order valence-electron chi connectivity index (χ1n) is 9.66. The SMILES string of the molecule is CCOCCCNC(=NCc1ccc(OC)cc1)NCCc1nc(C(F)(F)F)cs1.I. The van der Waals surface area contributed by atoms with Crippen LogP contribution in [0.1, 0.15) is 29.6 Å². The van der Waals surface area contributed by atoms with Crippen LogP contribution < -0.4 is 15.4 Å². The fourth-order valence-corrected chi connectivity index (χ4v) is 3.25. The third kappa shape index (κ3) is 10.5. The van der Waals surface area contributed by atoms with E-state index in [0.717, 1.165) is 34.5 Å². The molecule has 2 N–H and O–H groups in total. The molecule has 6 nitrogen and oxygen atoms in total. The van der Waals surface area contributed by atoms with Gasteiger partial charge in [-0.15, -0.1) is 35.3 Å². The summed E-state index contributed by atoms with van der Waals surface area (Å²) in [6.07, 6.45) is -3.21. The average molecular weight is 572 g/mol. The highest BCUT2D eigenvalue weighted by atomic mass is 127. The number of ether oxygens (including phenoxy) is 2. The maximum Gasteiger partial charge on any atom is 0.434 e. The first-order chi connectivity index (χ1) is 14.4. The van der Waals surface area contributed by atoms with E-state index in [4.69, 9.17) is 9.47 Å². The first-order valence-corrected chi connectivity index (χ1v) is 10.5. The summed E-state index contributed by atoms with van der Waals surface area (Å²) in [6, 6.07) is 7.61. The van der Waals surface area contributed by atoms with Crippen LogP contribution in [0.25, 0.3) is 0 Å². The van der Waals surface area contributed by atoms with Crippen molar-refractivity contribution in [2.45, 2.75) is 32.5 Å². The van der Waals surface area contributed by atoms with Gasteiger partial charge in [0, 0.05) is 38.1 Å². The quantitative estimate of drug-likeness (QED) is 0.180. The van der Waals surface area contributed by atoms with Gasteiger partial charge in [-0.05, 0) is 31.0 Å². The molecule has 174 valence electrons. The Morgan fingerprint density at radius 1 is 1.16 bits per heavy atom. The molecule has 1 aromatic heterocycles. The van der Waals surface area contributed by atoms with Crippen molar-refractivity contribution in [3.63, 3.8) is 0 Å². The number of benzene rings is 1. The van der Waals surface area contributed by atoms with Crippen molar-refractivity contribution in [3.8, 4) is 5.75 Å². The molecule has 0 atom stereocenters. The van der Waals surface area contributed by atoms with Gasteiger partial charge in [-0.2, -0.15) is 13.2 Å². The molecule has 0 bridgehead atoms. The minimum absolute atomic E-state index is 0. The molecule has 0 saturated heterocycles. The molecular formula is C20H28F3IN4O2S. The van der Waals surface area contributed by atoms with Gasteiger partial charge in [-0.1, -0.05) is 12.1 Å². The Hall–Kier alpha value is -1.60. The van der Waals surface area contributed by atoms with Crippen LogP contribution in [0, 0.1) is 0 Å². The molecule has 2 rings (SSSR count). The summed E-state index contributed by atoms with van der Waals surface area (Å²) in [5, 5.41) is 7.86. The van der Waals surface area contributed by atoms with Crippen molar-refractivity contribution in [1.82, 2.24) is 15.6 Å². The van der Waals surface area contributed by atoms with E-state index in [0.29, 0.717) is 50.2 Å². The van der Waals surface area contributed by atoms with E-state index in [1.807, 2.05) is 31.2 Å². The van der Waals surface area contributed by atoms with Gasteiger partial charge in [-0.3, -0.25) is 0 Å². The molecule has 2 aromatic rings. The summed E-state index contributed by atoms with van der Waals surface area (Å²) in [5.74, 6) is 1.37. The molecule has 0 amide bonds. The fourth-order valence-electron chi connectivity index (χ4n) is 2.44. The van der Waals surface area contributed by atoms with Crippen molar-refractivity contribution < 1.29 is 22.6 Å². The van der Waals surface area contributed by atoms with Gasteiger partial charge >= 0.3 is 6.18 Å². The molecule has 0 radical (unpaired) electrons. The Morgan fingerprint density at radius 3 is 2.48 bits per heavy atom. The smallest absolute Gasteiger partial charge is 0.434 e. The van der Waals surface area contributed by atoms with Crippen LogP contribution in [-0.2, 0) is 23.9 Å². The number of guanidine groups is 1. The van der Waals surface area contributed by atoms with Crippen LogP contribution in [0.4, 0.5) is 13.2 Å². The Labute approximate surface area is 201 Å². The number of thiazole rings is 1. The highest BCUT2D eigenvalue weighted by Gasteiger charge is 2.33. The number of halogens is 4. The third-order valence-electron chi connectivity index (χ3n) is 4.01. The molecule has 0 unspecified atom stereocenters. The Balaban J connectivity index is 0.00000480. The molecule has 0 spiro atoms. The zero-order valence-electron chi connectivity index (χ0n) is 17.5. The van der Waals surface area contributed by atoms with Crippen molar-refractivity contribution in [3.05, 3.63) is 45.9 Å². The predicted molar refractivity (Wildman–Crippen MR) is 127 cm³/mol. The number of hydrogen-bond donors (Lipinski definition) is 2. The molecule has 0 aliphatic carbocycles. The second-order valence-electron chi connectivity index (χ2n) is 6.29. The maximum absolute atomic E-state index is 12.7. The van der Waals surface area contributed by atoms with E-state index >= 15 is 0 Å². The van der Waals surface area contributed by atoms with Crippen LogP contribution in [0.2, 0.25) is 0 Å². The van der Waals surface area contributed by atoms with E-state index in [9.17, 15) is 13.2 Å². The zero-order chi connectivity index (χ0) is 21.8. The van der Waals surface area contributed by atoms with Gasteiger partial charge < -0.3 is 20.1 Å². The minimum atomic E-state index is -4.41. The number of nitrogens with zero attached hydrogens (tertiary/aromatic N) is 2. The number of nitrogens with one attached hydrogen (secondary N) is 2. The van der Waals surface area contributed by atoms with Crippen LogP contribution in [0.5, 0.6) is 5.75 Å². The summed E-state index contributed by atoms with van der Waals surface area (Å²) >= 11 is 1.01. The molecule has 11 heteroatoms. The van der Waals surface area contributed by atoms with E-state index in [-0.39, 0.29) is 24.0 Å². The number of aliphatic imine (C=N–C) groups is 1. The van der Waals surface area contributed by atoms with Crippen LogP contribution in [-0.4, -0.2) is 44.4 Å². The topological polar surface area (TPSA) is 67.8 Å². The largest absolute Gasteiger partial charge is 0.497 e. The molecule has 0 aliphatic rings. The third-order valence-corrected chi connectivity index (χ3v) is 4.92. The molecule has 0 aliphatic heterocycles. The summed E-state index contributed by atoms with van der Waals surface area (Å²) in [7, 11) is 1.61. The summed E-state index contributed by atoms with van der Waals surface area (Å²) in [6.45, 7) is 4.81. The lowest BCUT2D eigenvalue weighted by Gasteiger charge is -2.12. The first kappa shape index (κ1) is 27.4.